The number of rotatable bonds is 1. The average molecular weight is 210 g/mol. The summed E-state index contributed by atoms with van der Waals surface area (Å²) < 4.78 is 0. The fourth-order valence-corrected chi connectivity index (χ4v) is 3.75. The van der Waals surface area contributed by atoms with Crippen molar-refractivity contribution in [2.75, 3.05) is 0 Å². The van der Waals surface area contributed by atoms with Crippen molar-refractivity contribution in [3.8, 4) is 0 Å². The van der Waals surface area contributed by atoms with Crippen molar-refractivity contribution in [2.24, 2.45) is 11.8 Å². The Bertz CT molecular complexity index is 194. The summed E-state index contributed by atoms with van der Waals surface area (Å²) in [6.07, 6.45) is 12.8. The van der Waals surface area contributed by atoms with Gasteiger partial charge in [0.2, 0.25) is 0 Å². The molecule has 2 fully saturated rings. The van der Waals surface area contributed by atoms with Gasteiger partial charge in [-0.3, -0.25) is 0 Å². The lowest BCUT2D eigenvalue weighted by molar-refractivity contribution is -0.0675. The number of hydrogen-bond acceptors (Lipinski definition) is 1. The Balaban J connectivity index is 1.98. The lowest BCUT2D eigenvalue weighted by Crippen LogP contribution is -2.41. The largest absolute Gasteiger partial charge is 0.390 e. The van der Waals surface area contributed by atoms with E-state index in [2.05, 4.69) is 6.92 Å². The Labute approximate surface area is 94.3 Å². The fourth-order valence-electron chi connectivity index (χ4n) is 3.75. The van der Waals surface area contributed by atoms with E-state index in [0.29, 0.717) is 5.92 Å². The van der Waals surface area contributed by atoms with Crippen molar-refractivity contribution < 1.29 is 5.11 Å². The summed E-state index contributed by atoms with van der Waals surface area (Å²) in [6.45, 7) is 2.31. The summed E-state index contributed by atoms with van der Waals surface area (Å²) in [7, 11) is 0. The highest BCUT2D eigenvalue weighted by molar-refractivity contribution is 4.91. The first-order valence-electron chi connectivity index (χ1n) is 6.93. The second-order valence-electron chi connectivity index (χ2n) is 5.99. The zero-order chi connectivity index (χ0) is 10.7. The van der Waals surface area contributed by atoms with Crippen LogP contribution in [0.4, 0.5) is 0 Å². The van der Waals surface area contributed by atoms with E-state index in [9.17, 15) is 5.11 Å². The molecule has 0 bridgehead atoms. The van der Waals surface area contributed by atoms with Gasteiger partial charge in [0.25, 0.3) is 0 Å². The molecule has 2 aliphatic carbocycles. The highest BCUT2D eigenvalue weighted by Gasteiger charge is 2.39. The molecule has 2 aliphatic rings. The van der Waals surface area contributed by atoms with Gasteiger partial charge in [0.15, 0.2) is 0 Å². The molecule has 0 aromatic heterocycles. The zero-order valence-corrected chi connectivity index (χ0v) is 10.2. The van der Waals surface area contributed by atoms with Crippen LogP contribution in [0.15, 0.2) is 0 Å². The first-order valence-corrected chi connectivity index (χ1v) is 6.93. The topological polar surface area (TPSA) is 20.2 Å². The molecule has 2 rings (SSSR count). The second kappa shape index (κ2) is 4.86. The number of aliphatic hydroxyl groups is 1. The van der Waals surface area contributed by atoms with Gasteiger partial charge in [-0.15, -0.1) is 0 Å². The fraction of sp³-hybridized carbons (Fsp3) is 1.00. The van der Waals surface area contributed by atoms with Gasteiger partial charge in [0, 0.05) is 0 Å². The molecule has 1 heteroatoms. The summed E-state index contributed by atoms with van der Waals surface area (Å²) in [5.74, 6) is 1.36. The summed E-state index contributed by atoms with van der Waals surface area (Å²) in [4.78, 5) is 0. The lowest BCUT2D eigenvalue weighted by Gasteiger charge is -2.41. The predicted molar refractivity (Wildman–Crippen MR) is 63.8 cm³/mol. The molecule has 1 N–H and O–H groups in total. The Morgan fingerprint density at radius 2 is 1.60 bits per heavy atom. The van der Waals surface area contributed by atoms with Crippen molar-refractivity contribution in [1.82, 2.24) is 0 Å². The van der Waals surface area contributed by atoms with Crippen LogP contribution in [-0.4, -0.2) is 10.7 Å². The predicted octanol–water partition coefficient (Wildman–Crippen LogP) is 3.90. The Morgan fingerprint density at radius 1 is 0.933 bits per heavy atom. The Kier molecular flexibility index (Phi) is 3.71. The number of hydrogen-bond donors (Lipinski definition) is 1. The monoisotopic (exact) mass is 210 g/mol. The van der Waals surface area contributed by atoms with Gasteiger partial charge in [-0.25, -0.2) is 0 Å². The summed E-state index contributed by atoms with van der Waals surface area (Å²) >= 11 is 0. The maximum absolute atomic E-state index is 10.8. The highest BCUT2D eigenvalue weighted by atomic mass is 16.3. The standard InChI is InChI=1S/C14H26O/c1-12-7-6-10-14(15,11-12)13-8-4-2-3-5-9-13/h12-13,15H,2-11H2,1H3. The normalized spacial score (nSPS) is 40.0. The van der Waals surface area contributed by atoms with Gasteiger partial charge in [0.1, 0.15) is 0 Å². The van der Waals surface area contributed by atoms with Crippen LogP contribution >= 0.6 is 0 Å². The molecule has 2 unspecified atom stereocenters. The van der Waals surface area contributed by atoms with E-state index in [1.807, 2.05) is 0 Å². The van der Waals surface area contributed by atoms with Crippen molar-refractivity contribution in [1.29, 1.82) is 0 Å². The van der Waals surface area contributed by atoms with Crippen LogP contribution in [0, 0.1) is 11.8 Å². The van der Waals surface area contributed by atoms with E-state index in [1.54, 1.807) is 0 Å². The second-order valence-corrected chi connectivity index (χ2v) is 5.99. The summed E-state index contributed by atoms with van der Waals surface area (Å²) in [6, 6.07) is 0. The van der Waals surface area contributed by atoms with Gasteiger partial charge in [-0.05, 0) is 37.5 Å². The van der Waals surface area contributed by atoms with E-state index in [1.165, 1.54) is 51.4 Å². The van der Waals surface area contributed by atoms with Gasteiger partial charge >= 0.3 is 0 Å². The van der Waals surface area contributed by atoms with E-state index >= 15 is 0 Å². The molecule has 0 aromatic rings. The average Bonchev–Trinajstić information content (AvgIpc) is 2.45. The van der Waals surface area contributed by atoms with Gasteiger partial charge in [-0.2, -0.15) is 0 Å². The van der Waals surface area contributed by atoms with Crippen LogP contribution in [0.1, 0.15) is 71.1 Å². The first kappa shape index (κ1) is 11.4. The molecule has 1 nitrogen and oxygen atoms in total. The molecule has 0 aliphatic heterocycles. The van der Waals surface area contributed by atoms with Gasteiger partial charge in [-0.1, -0.05) is 45.4 Å². The molecule has 0 amide bonds. The molecular weight excluding hydrogens is 184 g/mol. The van der Waals surface area contributed by atoms with Crippen molar-refractivity contribution in [3.05, 3.63) is 0 Å². The molecule has 0 spiro atoms. The Morgan fingerprint density at radius 3 is 2.20 bits per heavy atom. The lowest BCUT2D eigenvalue weighted by atomic mass is 9.69. The molecule has 0 aromatic carbocycles. The van der Waals surface area contributed by atoms with E-state index in [-0.39, 0.29) is 5.60 Å². The van der Waals surface area contributed by atoms with Crippen molar-refractivity contribution in [2.45, 2.75) is 76.7 Å². The Hall–Kier alpha value is -0.0400. The van der Waals surface area contributed by atoms with Gasteiger partial charge < -0.3 is 5.11 Å². The summed E-state index contributed by atoms with van der Waals surface area (Å²) in [5, 5.41) is 10.8. The van der Waals surface area contributed by atoms with Crippen molar-refractivity contribution >= 4 is 0 Å². The maximum Gasteiger partial charge on any atom is 0.0678 e. The maximum atomic E-state index is 10.8. The third-order valence-corrected chi connectivity index (χ3v) is 4.62. The SMILES string of the molecule is CC1CCCC(O)(C2CCCCCC2)C1. The first-order chi connectivity index (χ1) is 7.21. The smallest absolute Gasteiger partial charge is 0.0678 e. The highest BCUT2D eigenvalue weighted by Crippen LogP contribution is 2.42. The molecule has 2 atom stereocenters. The third kappa shape index (κ3) is 2.75. The van der Waals surface area contributed by atoms with Crippen LogP contribution in [0.3, 0.4) is 0 Å². The van der Waals surface area contributed by atoms with Crippen LogP contribution in [0.25, 0.3) is 0 Å². The van der Waals surface area contributed by atoms with E-state index in [4.69, 9.17) is 0 Å². The molecule has 15 heavy (non-hydrogen) atoms. The van der Waals surface area contributed by atoms with Crippen LogP contribution in [-0.2, 0) is 0 Å². The van der Waals surface area contributed by atoms with E-state index in [0.717, 1.165) is 18.8 Å². The molecule has 2 saturated carbocycles. The zero-order valence-electron chi connectivity index (χ0n) is 10.2. The molecule has 0 heterocycles. The summed E-state index contributed by atoms with van der Waals surface area (Å²) in [5.41, 5.74) is -0.290. The molecule has 0 saturated heterocycles. The van der Waals surface area contributed by atoms with Crippen LogP contribution in [0.2, 0.25) is 0 Å². The van der Waals surface area contributed by atoms with Gasteiger partial charge in [0.05, 0.1) is 5.60 Å². The third-order valence-electron chi connectivity index (χ3n) is 4.62. The van der Waals surface area contributed by atoms with E-state index < -0.39 is 0 Å². The van der Waals surface area contributed by atoms with Crippen LogP contribution in [0.5, 0.6) is 0 Å². The minimum Gasteiger partial charge on any atom is -0.390 e. The molecule has 0 radical (unpaired) electrons. The molecular formula is C14H26O. The molecule has 88 valence electrons. The quantitative estimate of drug-likeness (QED) is 0.651. The van der Waals surface area contributed by atoms with Crippen LogP contribution < -0.4 is 0 Å². The minimum atomic E-state index is -0.290. The van der Waals surface area contributed by atoms with Crippen molar-refractivity contribution in [3.63, 3.8) is 0 Å². The minimum absolute atomic E-state index is 0.290.